The van der Waals surface area contributed by atoms with Gasteiger partial charge in [-0.2, -0.15) is 0 Å². The van der Waals surface area contributed by atoms with Crippen LogP contribution in [-0.4, -0.2) is 19.8 Å². The van der Waals surface area contributed by atoms with Crippen molar-refractivity contribution in [1.82, 2.24) is 0 Å². The zero-order valence-electron chi connectivity index (χ0n) is 11.1. The van der Waals surface area contributed by atoms with Crippen LogP contribution < -0.4 is 10.5 Å². The summed E-state index contributed by atoms with van der Waals surface area (Å²) in [6, 6.07) is 7.83. The van der Waals surface area contributed by atoms with Crippen LogP contribution >= 0.6 is 0 Å². The lowest BCUT2D eigenvalue weighted by atomic mass is 10.1. The van der Waals surface area contributed by atoms with Gasteiger partial charge in [-0.05, 0) is 25.3 Å². The van der Waals surface area contributed by atoms with Crippen molar-refractivity contribution in [2.45, 2.75) is 32.2 Å². The molecule has 0 amide bonds. The van der Waals surface area contributed by atoms with E-state index >= 15 is 0 Å². The second-order valence-electron chi connectivity index (χ2n) is 4.88. The molecule has 0 heterocycles. The first-order chi connectivity index (χ1) is 8.81. The summed E-state index contributed by atoms with van der Waals surface area (Å²) in [5.74, 6) is 1.79. The first-order valence-corrected chi connectivity index (χ1v) is 6.86. The van der Waals surface area contributed by atoms with E-state index in [-0.39, 0.29) is 6.04 Å². The van der Waals surface area contributed by atoms with Gasteiger partial charge in [0.15, 0.2) is 0 Å². The third-order valence-corrected chi connectivity index (χ3v) is 3.28. The molecule has 2 rings (SSSR count). The third kappa shape index (κ3) is 4.00. The fourth-order valence-electron chi connectivity index (χ4n) is 2.03. The maximum Gasteiger partial charge on any atom is 0.124 e. The van der Waals surface area contributed by atoms with Crippen molar-refractivity contribution < 1.29 is 9.47 Å². The molecular formula is C15H23NO2. The van der Waals surface area contributed by atoms with Crippen LogP contribution in [0, 0.1) is 5.92 Å². The molecule has 100 valence electrons. The SMILES string of the molecule is CCOc1ccccc1C(N)COCCC1CC1. The molecule has 3 nitrogen and oxygen atoms in total. The van der Waals surface area contributed by atoms with Gasteiger partial charge in [0, 0.05) is 12.2 Å². The van der Waals surface area contributed by atoms with Crippen molar-refractivity contribution in [1.29, 1.82) is 0 Å². The molecule has 0 spiro atoms. The highest BCUT2D eigenvalue weighted by Gasteiger charge is 2.20. The number of rotatable bonds is 8. The summed E-state index contributed by atoms with van der Waals surface area (Å²) in [7, 11) is 0. The van der Waals surface area contributed by atoms with Gasteiger partial charge in [0.2, 0.25) is 0 Å². The van der Waals surface area contributed by atoms with Crippen LogP contribution in [0.15, 0.2) is 24.3 Å². The van der Waals surface area contributed by atoms with E-state index in [0.717, 1.165) is 23.8 Å². The fourth-order valence-corrected chi connectivity index (χ4v) is 2.03. The number of ether oxygens (including phenoxy) is 2. The molecule has 1 saturated carbocycles. The second-order valence-corrected chi connectivity index (χ2v) is 4.88. The van der Waals surface area contributed by atoms with Gasteiger partial charge in [-0.3, -0.25) is 0 Å². The summed E-state index contributed by atoms with van der Waals surface area (Å²) < 4.78 is 11.2. The van der Waals surface area contributed by atoms with Crippen LogP contribution in [0.3, 0.4) is 0 Å². The first kappa shape index (κ1) is 13.4. The van der Waals surface area contributed by atoms with E-state index in [9.17, 15) is 0 Å². The van der Waals surface area contributed by atoms with Crippen molar-refractivity contribution in [2.24, 2.45) is 11.7 Å². The summed E-state index contributed by atoms with van der Waals surface area (Å²) in [5.41, 5.74) is 7.19. The van der Waals surface area contributed by atoms with Crippen molar-refractivity contribution in [3.63, 3.8) is 0 Å². The zero-order chi connectivity index (χ0) is 12.8. The molecule has 0 radical (unpaired) electrons. The van der Waals surface area contributed by atoms with Gasteiger partial charge >= 0.3 is 0 Å². The molecule has 1 aliphatic carbocycles. The number of nitrogens with two attached hydrogens (primary N) is 1. The summed E-state index contributed by atoms with van der Waals surface area (Å²) >= 11 is 0. The average molecular weight is 249 g/mol. The number of benzene rings is 1. The average Bonchev–Trinajstić information content (AvgIpc) is 3.19. The summed E-state index contributed by atoms with van der Waals surface area (Å²) in [6.45, 7) is 4.03. The molecule has 1 aliphatic rings. The molecule has 1 atom stereocenters. The quantitative estimate of drug-likeness (QED) is 0.720. The predicted octanol–water partition coefficient (Wildman–Crippen LogP) is 2.90. The second kappa shape index (κ2) is 6.76. The highest BCUT2D eigenvalue weighted by atomic mass is 16.5. The minimum absolute atomic E-state index is 0.105. The van der Waals surface area contributed by atoms with E-state index in [4.69, 9.17) is 15.2 Å². The molecule has 2 N–H and O–H groups in total. The fraction of sp³-hybridized carbons (Fsp3) is 0.600. The molecule has 18 heavy (non-hydrogen) atoms. The Kier molecular flexibility index (Phi) is 5.02. The van der Waals surface area contributed by atoms with E-state index in [1.54, 1.807) is 0 Å². The van der Waals surface area contributed by atoms with Gasteiger partial charge in [-0.15, -0.1) is 0 Å². The Hall–Kier alpha value is -1.06. The Labute approximate surface area is 109 Å². The zero-order valence-corrected chi connectivity index (χ0v) is 11.1. The summed E-state index contributed by atoms with van der Waals surface area (Å²) in [5, 5.41) is 0. The van der Waals surface area contributed by atoms with E-state index in [0.29, 0.717) is 13.2 Å². The molecule has 1 aromatic carbocycles. The van der Waals surface area contributed by atoms with Crippen molar-refractivity contribution in [3.05, 3.63) is 29.8 Å². The van der Waals surface area contributed by atoms with Gasteiger partial charge in [0.25, 0.3) is 0 Å². The molecule has 0 aliphatic heterocycles. The maximum absolute atomic E-state index is 6.15. The molecule has 1 fully saturated rings. The van der Waals surface area contributed by atoms with E-state index in [1.165, 1.54) is 19.3 Å². The van der Waals surface area contributed by atoms with Crippen LogP contribution in [-0.2, 0) is 4.74 Å². The molecular weight excluding hydrogens is 226 g/mol. The number of hydrogen-bond acceptors (Lipinski definition) is 3. The van der Waals surface area contributed by atoms with Gasteiger partial charge in [-0.25, -0.2) is 0 Å². The topological polar surface area (TPSA) is 44.5 Å². The van der Waals surface area contributed by atoms with Crippen molar-refractivity contribution >= 4 is 0 Å². The maximum atomic E-state index is 6.15. The highest BCUT2D eigenvalue weighted by Crippen LogP contribution is 2.32. The standard InChI is InChI=1S/C15H23NO2/c1-2-18-15-6-4-3-5-13(15)14(16)11-17-10-9-12-7-8-12/h3-6,12,14H,2,7-11,16H2,1H3. The normalized spacial score (nSPS) is 16.6. The molecule has 1 aromatic rings. The Balaban J connectivity index is 1.80. The van der Waals surface area contributed by atoms with E-state index in [1.807, 2.05) is 31.2 Å². The van der Waals surface area contributed by atoms with E-state index in [2.05, 4.69) is 0 Å². The van der Waals surface area contributed by atoms with Crippen LogP contribution in [0.25, 0.3) is 0 Å². The third-order valence-electron chi connectivity index (χ3n) is 3.28. The molecule has 0 bridgehead atoms. The lowest BCUT2D eigenvalue weighted by Crippen LogP contribution is -2.18. The Morgan fingerprint density at radius 2 is 2.11 bits per heavy atom. The largest absolute Gasteiger partial charge is 0.494 e. The number of para-hydroxylation sites is 1. The van der Waals surface area contributed by atoms with Gasteiger partial charge in [0.05, 0.1) is 19.3 Å². The predicted molar refractivity (Wildman–Crippen MR) is 72.7 cm³/mol. The Bertz CT molecular complexity index is 363. The number of hydrogen-bond donors (Lipinski definition) is 1. The smallest absolute Gasteiger partial charge is 0.124 e. The Morgan fingerprint density at radius 1 is 1.33 bits per heavy atom. The lowest BCUT2D eigenvalue weighted by Gasteiger charge is -2.16. The minimum Gasteiger partial charge on any atom is -0.494 e. The Morgan fingerprint density at radius 3 is 2.83 bits per heavy atom. The summed E-state index contributed by atoms with van der Waals surface area (Å²) in [4.78, 5) is 0. The lowest BCUT2D eigenvalue weighted by molar-refractivity contribution is 0.114. The summed E-state index contributed by atoms with van der Waals surface area (Å²) in [6.07, 6.45) is 3.94. The van der Waals surface area contributed by atoms with Crippen molar-refractivity contribution in [2.75, 3.05) is 19.8 Å². The van der Waals surface area contributed by atoms with Gasteiger partial charge in [-0.1, -0.05) is 31.0 Å². The molecule has 1 unspecified atom stereocenters. The van der Waals surface area contributed by atoms with Crippen LogP contribution in [0.5, 0.6) is 5.75 Å². The molecule has 0 aromatic heterocycles. The van der Waals surface area contributed by atoms with Gasteiger partial charge < -0.3 is 15.2 Å². The van der Waals surface area contributed by atoms with Crippen LogP contribution in [0.2, 0.25) is 0 Å². The first-order valence-electron chi connectivity index (χ1n) is 6.86. The minimum atomic E-state index is -0.105. The van der Waals surface area contributed by atoms with Crippen molar-refractivity contribution in [3.8, 4) is 5.75 Å². The van der Waals surface area contributed by atoms with E-state index < -0.39 is 0 Å². The van der Waals surface area contributed by atoms with Gasteiger partial charge in [0.1, 0.15) is 5.75 Å². The monoisotopic (exact) mass is 249 g/mol. The van der Waals surface area contributed by atoms with Crippen LogP contribution in [0.4, 0.5) is 0 Å². The van der Waals surface area contributed by atoms with Crippen LogP contribution in [0.1, 0.15) is 37.8 Å². The molecule has 0 saturated heterocycles. The highest BCUT2D eigenvalue weighted by molar-refractivity contribution is 5.35. The molecule has 3 heteroatoms.